The zero-order valence-electron chi connectivity index (χ0n) is 17.2. The average molecular weight is 416 g/mol. The van der Waals surface area contributed by atoms with Gasteiger partial charge in [-0.25, -0.2) is 14.8 Å². The molecule has 8 heteroatoms. The molecule has 0 radical (unpaired) electrons. The van der Waals surface area contributed by atoms with Gasteiger partial charge in [0, 0.05) is 30.7 Å². The van der Waals surface area contributed by atoms with Gasteiger partial charge in [-0.15, -0.1) is 0 Å². The molecule has 2 fully saturated rings. The fourth-order valence-electron chi connectivity index (χ4n) is 4.60. The number of piperidine rings is 1. The van der Waals surface area contributed by atoms with Crippen molar-refractivity contribution in [1.29, 1.82) is 0 Å². The van der Waals surface area contributed by atoms with Crippen molar-refractivity contribution in [3.63, 3.8) is 0 Å². The molecule has 0 spiro atoms. The lowest BCUT2D eigenvalue weighted by Crippen LogP contribution is -2.36. The Kier molecular flexibility index (Phi) is 4.27. The number of imidazole rings is 1. The number of para-hydroxylation sites is 1. The smallest absolute Gasteiger partial charge is 0.329 e. The number of aromatic nitrogens is 5. The van der Waals surface area contributed by atoms with Gasteiger partial charge < -0.3 is 10.0 Å². The van der Waals surface area contributed by atoms with Crippen LogP contribution in [0.4, 0.5) is 5.82 Å². The molecule has 1 aliphatic carbocycles. The molecule has 0 unspecified atom stereocenters. The third-order valence-electron chi connectivity index (χ3n) is 6.37. The summed E-state index contributed by atoms with van der Waals surface area (Å²) < 4.78 is 3.64. The highest BCUT2D eigenvalue weighted by atomic mass is 16.3. The van der Waals surface area contributed by atoms with Crippen LogP contribution < -0.4 is 10.6 Å². The second-order valence-electron chi connectivity index (χ2n) is 8.53. The summed E-state index contributed by atoms with van der Waals surface area (Å²) in [5, 5.41) is 10.9. The van der Waals surface area contributed by atoms with Gasteiger partial charge in [0.25, 0.3) is 0 Å². The van der Waals surface area contributed by atoms with Gasteiger partial charge in [0.05, 0.1) is 35.4 Å². The van der Waals surface area contributed by atoms with Gasteiger partial charge in [-0.2, -0.15) is 0 Å². The first-order valence-electron chi connectivity index (χ1n) is 10.9. The molecule has 1 aromatic carbocycles. The number of aliphatic hydroxyl groups is 1. The molecule has 1 aliphatic heterocycles. The van der Waals surface area contributed by atoms with Crippen LogP contribution in [-0.2, 0) is 6.54 Å². The molecule has 8 nitrogen and oxygen atoms in total. The summed E-state index contributed by atoms with van der Waals surface area (Å²) in [7, 11) is 0. The molecule has 0 amide bonds. The summed E-state index contributed by atoms with van der Waals surface area (Å²) in [4.78, 5) is 29.4. The van der Waals surface area contributed by atoms with E-state index in [1.165, 1.54) is 0 Å². The van der Waals surface area contributed by atoms with Gasteiger partial charge in [0.1, 0.15) is 5.82 Å². The van der Waals surface area contributed by atoms with Gasteiger partial charge >= 0.3 is 5.69 Å². The van der Waals surface area contributed by atoms with Crippen molar-refractivity contribution in [2.45, 2.75) is 44.4 Å². The van der Waals surface area contributed by atoms with Crippen LogP contribution in [0.15, 0.2) is 47.5 Å². The number of rotatable bonds is 4. The molecule has 3 aromatic heterocycles. The van der Waals surface area contributed by atoms with Crippen LogP contribution in [0.1, 0.15) is 37.5 Å². The van der Waals surface area contributed by atoms with Crippen molar-refractivity contribution in [3.05, 3.63) is 59.0 Å². The van der Waals surface area contributed by atoms with E-state index >= 15 is 0 Å². The van der Waals surface area contributed by atoms with Crippen LogP contribution in [0.25, 0.3) is 21.9 Å². The van der Waals surface area contributed by atoms with Gasteiger partial charge in [-0.1, -0.05) is 12.1 Å². The maximum atomic E-state index is 13.3. The van der Waals surface area contributed by atoms with E-state index in [0.29, 0.717) is 12.4 Å². The summed E-state index contributed by atoms with van der Waals surface area (Å²) in [5.74, 6) is 1.49. The quantitative estimate of drug-likeness (QED) is 0.550. The molecule has 2 aliphatic rings. The van der Waals surface area contributed by atoms with Crippen LogP contribution in [0, 0.1) is 0 Å². The first-order valence-corrected chi connectivity index (χ1v) is 10.9. The number of anilines is 1. The molecule has 158 valence electrons. The number of hydrogen-bond donors (Lipinski definition) is 1. The number of aliphatic hydroxyl groups excluding tert-OH is 1. The second kappa shape index (κ2) is 7.16. The van der Waals surface area contributed by atoms with Crippen LogP contribution in [0.2, 0.25) is 0 Å². The fourth-order valence-corrected chi connectivity index (χ4v) is 4.60. The molecule has 0 bridgehead atoms. The van der Waals surface area contributed by atoms with Crippen molar-refractivity contribution in [2.75, 3.05) is 18.0 Å². The first kappa shape index (κ1) is 18.5. The Morgan fingerprint density at radius 2 is 1.81 bits per heavy atom. The Bertz CT molecular complexity index is 1330. The highest BCUT2D eigenvalue weighted by molar-refractivity contribution is 5.89. The SMILES string of the molecule is O=c1n(Cc2nc(N3CCC(O)CC3)c3ccccc3n2)c2cnccc2n1C1CC1. The molecule has 0 atom stereocenters. The minimum absolute atomic E-state index is 0.0232. The Morgan fingerprint density at radius 1 is 1.00 bits per heavy atom. The predicted octanol–water partition coefficient (Wildman–Crippen LogP) is 2.49. The lowest BCUT2D eigenvalue weighted by Gasteiger charge is -2.31. The van der Waals surface area contributed by atoms with Crippen molar-refractivity contribution in [3.8, 4) is 0 Å². The van der Waals surface area contributed by atoms with E-state index in [2.05, 4.69) is 9.88 Å². The zero-order chi connectivity index (χ0) is 20.9. The van der Waals surface area contributed by atoms with Crippen molar-refractivity contribution >= 4 is 27.8 Å². The molecule has 1 N–H and O–H groups in total. The number of fused-ring (bicyclic) bond motifs is 2. The maximum Gasteiger partial charge on any atom is 0.329 e. The van der Waals surface area contributed by atoms with Crippen molar-refractivity contribution in [2.24, 2.45) is 0 Å². The van der Waals surface area contributed by atoms with E-state index in [1.54, 1.807) is 17.0 Å². The molecular formula is C23H24N6O2. The highest BCUT2D eigenvalue weighted by Crippen LogP contribution is 2.36. The predicted molar refractivity (Wildman–Crippen MR) is 118 cm³/mol. The zero-order valence-corrected chi connectivity index (χ0v) is 17.2. The summed E-state index contributed by atoms with van der Waals surface area (Å²) in [6, 6.07) is 10.2. The number of hydrogen-bond acceptors (Lipinski definition) is 6. The van der Waals surface area contributed by atoms with Gasteiger partial charge in [0.15, 0.2) is 5.82 Å². The standard InChI is InChI=1S/C23H24N6O2/c30-16-8-11-27(12-9-16)22-17-3-1-2-4-18(17)25-21(26-22)14-28-20-13-24-10-7-19(20)29(23(28)31)15-5-6-15/h1-4,7,10,13,15-16,30H,5-6,8-9,11-12,14H2. The van der Waals surface area contributed by atoms with Crippen molar-refractivity contribution < 1.29 is 5.11 Å². The third-order valence-corrected chi connectivity index (χ3v) is 6.37. The minimum atomic E-state index is -0.247. The molecule has 4 heterocycles. The molecule has 4 aromatic rings. The Labute approximate surface area is 178 Å². The van der Waals surface area contributed by atoms with E-state index in [0.717, 1.165) is 66.5 Å². The molecular weight excluding hydrogens is 392 g/mol. The first-order chi connectivity index (χ1) is 15.2. The van der Waals surface area contributed by atoms with Gasteiger partial charge in [0.2, 0.25) is 0 Å². The minimum Gasteiger partial charge on any atom is -0.393 e. The molecule has 1 saturated carbocycles. The van der Waals surface area contributed by atoms with E-state index in [4.69, 9.17) is 9.97 Å². The molecule has 6 rings (SSSR count). The largest absolute Gasteiger partial charge is 0.393 e. The topological polar surface area (TPSA) is 89.1 Å². The summed E-state index contributed by atoms with van der Waals surface area (Å²) in [5.41, 5.74) is 2.59. The van der Waals surface area contributed by atoms with E-state index in [1.807, 2.05) is 34.9 Å². The highest BCUT2D eigenvalue weighted by Gasteiger charge is 2.29. The molecule has 1 saturated heterocycles. The Hall–Kier alpha value is -3.26. The second-order valence-corrected chi connectivity index (χ2v) is 8.53. The van der Waals surface area contributed by atoms with Gasteiger partial charge in [-0.05, 0) is 43.9 Å². The number of pyridine rings is 1. The monoisotopic (exact) mass is 416 g/mol. The molecule has 31 heavy (non-hydrogen) atoms. The van der Waals surface area contributed by atoms with Gasteiger partial charge in [-0.3, -0.25) is 14.1 Å². The Balaban J connectivity index is 1.46. The van der Waals surface area contributed by atoms with E-state index in [-0.39, 0.29) is 17.8 Å². The Morgan fingerprint density at radius 3 is 2.61 bits per heavy atom. The van der Waals surface area contributed by atoms with Crippen LogP contribution in [0.3, 0.4) is 0 Å². The van der Waals surface area contributed by atoms with Crippen LogP contribution in [0.5, 0.6) is 0 Å². The number of benzene rings is 1. The van der Waals surface area contributed by atoms with E-state index in [9.17, 15) is 9.90 Å². The van der Waals surface area contributed by atoms with Crippen LogP contribution >= 0.6 is 0 Å². The third kappa shape index (κ3) is 3.18. The summed E-state index contributed by atoms with van der Waals surface area (Å²) in [6.45, 7) is 1.81. The van der Waals surface area contributed by atoms with E-state index < -0.39 is 0 Å². The lowest BCUT2D eigenvalue weighted by atomic mass is 10.1. The summed E-state index contributed by atoms with van der Waals surface area (Å²) in [6.07, 6.45) is 6.78. The maximum absolute atomic E-state index is 13.3. The summed E-state index contributed by atoms with van der Waals surface area (Å²) >= 11 is 0. The van der Waals surface area contributed by atoms with Crippen LogP contribution in [-0.4, -0.2) is 48.4 Å². The number of nitrogens with zero attached hydrogens (tertiary/aromatic N) is 6. The van der Waals surface area contributed by atoms with Crippen molar-refractivity contribution in [1.82, 2.24) is 24.1 Å². The lowest BCUT2D eigenvalue weighted by molar-refractivity contribution is 0.145. The fraction of sp³-hybridized carbons (Fsp3) is 0.391. The average Bonchev–Trinajstić information content (AvgIpc) is 3.59. The normalized spacial score (nSPS) is 17.6.